The van der Waals surface area contributed by atoms with E-state index in [-0.39, 0.29) is 11.8 Å². The molecule has 0 aromatic heterocycles. The van der Waals surface area contributed by atoms with Crippen LogP contribution in [0.15, 0.2) is 53.6 Å². The molecule has 0 fully saturated rings. The summed E-state index contributed by atoms with van der Waals surface area (Å²) in [4.78, 5) is 24.0. The van der Waals surface area contributed by atoms with E-state index in [9.17, 15) is 9.59 Å². The number of rotatable bonds is 7. The lowest BCUT2D eigenvalue weighted by Gasteiger charge is -2.08. The van der Waals surface area contributed by atoms with Crippen molar-refractivity contribution in [3.05, 3.63) is 59.7 Å². The Kier molecular flexibility index (Phi) is 7.11. The molecule has 2 amide bonds. The molecule has 0 spiro atoms. The van der Waals surface area contributed by atoms with Crippen molar-refractivity contribution in [1.82, 2.24) is 5.43 Å². The van der Waals surface area contributed by atoms with Crippen molar-refractivity contribution < 1.29 is 14.3 Å². The second-order valence-corrected chi connectivity index (χ2v) is 6.59. The summed E-state index contributed by atoms with van der Waals surface area (Å²) in [5.41, 5.74) is 5.24. The first-order valence-electron chi connectivity index (χ1n) is 8.78. The van der Waals surface area contributed by atoms with E-state index in [1.165, 1.54) is 0 Å². The number of nitrogens with one attached hydrogen (secondary N) is 2. The Balaban J connectivity index is 1.95. The third-order valence-corrected chi connectivity index (χ3v) is 3.86. The van der Waals surface area contributed by atoms with Crippen molar-refractivity contribution in [3.8, 4) is 5.75 Å². The summed E-state index contributed by atoms with van der Waals surface area (Å²) >= 11 is 0. The van der Waals surface area contributed by atoms with E-state index in [0.717, 1.165) is 11.3 Å². The molecule has 27 heavy (non-hydrogen) atoms. The number of nitrogens with zero attached hydrogens (tertiary/aromatic N) is 1. The van der Waals surface area contributed by atoms with Crippen molar-refractivity contribution >= 4 is 23.2 Å². The van der Waals surface area contributed by atoms with Crippen LogP contribution in [-0.2, 0) is 4.79 Å². The summed E-state index contributed by atoms with van der Waals surface area (Å²) in [5, 5.41) is 6.95. The highest BCUT2D eigenvalue weighted by Gasteiger charge is 2.08. The largest absolute Gasteiger partial charge is 0.497 e. The van der Waals surface area contributed by atoms with Crippen molar-refractivity contribution in [1.29, 1.82) is 0 Å². The van der Waals surface area contributed by atoms with Gasteiger partial charge in [0.1, 0.15) is 5.75 Å². The van der Waals surface area contributed by atoms with Gasteiger partial charge in [0, 0.05) is 17.7 Å². The third kappa shape index (κ3) is 6.26. The van der Waals surface area contributed by atoms with Crippen LogP contribution in [0, 0.1) is 5.92 Å². The van der Waals surface area contributed by atoms with Crippen LogP contribution in [0.4, 0.5) is 5.69 Å². The summed E-state index contributed by atoms with van der Waals surface area (Å²) in [7, 11) is 1.61. The van der Waals surface area contributed by atoms with Crippen molar-refractivity contribution in [2.24, 2.45) is 11.0 Å². The van der Waals surface area contributed by atoms with E-state index in [4.69, 9.17) is 4.74 Å². The molecule has 0 radical (unpaired) electrons. The fourth-order valence-corrected chi connectivity index (χ4v) is 2.38. The number of amides is 2. The van der Waals surface area contributed by atoms with Gasteiger partial charge in [-0.25, -0.2) is 5.43 Å². The molecule has 0 saturated carbocycles. The lowest BCUT2D eigenvalue weighted by molar-refractivity contribution is -0.116. The van der Waals surface area contributed by atoms with Gasteiger partial charge in [-0.3, -0.25) is 9.59 Å². The Morgan fingerprint density at radius 3 is 2.15 bits per heavy atom. The first-order valence-corrected chi connectivity index (χ1v) is 8.78. The summed E-state index contributed by atoms with van der Waals surface area (Å²) in [6.45, 7) is 5.79. The topological polar surface area (TPSA) is 79.8 Å². The van der Waals surface area contributed by atoms with Crippen LogP contribution in [0.2, 0.25) is 0 Å². The van der Waals surface area contributed by atoms with Gasteiger partial charge >= 0.3 is 0 Å². The number of carbonyl (C=O) groups is 2. The van der Waals surface area contributed by atoms with Crippen molar-refractivity contribution in [2.75, 3.05) is 12.4 Å². The van der Waals surface area contributed by atoms with Gasteiger partial charge in [-0.2, -0.15) is 5.10 Å². The maximum atomic E-state index is 12.2. The molecule has 0 atom stereocenters. The molecule has 6 heteroatoms. The average Bonchev–Trinajstić information content (AvgIpc) is 2.65. The van der Waals surface area contributed by atoms with Gasteiger partial charge in [0.15, 0.2) is 0 Å². The van der Waals surface area contributed by atoms with Gasteiger partial charge in [-0.05, 0) is 66.9 Å². The molecule has 6 nitrogen and oxygen atoms in total. The van der Waals surface area contributed by atoms with E-state index >= 15 is 0 Å². The van der Waals surface area contributed by atoms with Gasteiger partial charge in [0.05, 0.1) is 12.8 Å². The Bertz CT molecular complexity index is 810. The summed E-state index contributed by atoms with van der Waals surface area (Å²) in [6.07, 6.45) is 0.460. The van der Waals surface area contributed by atoms with E-state index in [1.807, 2.05) is 45.0 Å². The molecule has 0 aliphatic heterocycles. The molecule has 0 bridgehead atoms. The Morgan fingerprint density at radius 2 is 1.59 bits per heavy atom. The van der Waals surface area contributed by atoms with Crippen LogP contribution in [-0.4, -0.2) is 24.6 Å². The zero-order valence-electron chi connectivity index (χ0n) is 16.1. The van der Waals surface area contributed by atoms with Crippen LogP contribution in [0.3, 0.4) is 0 Å². The first-order chi connectivity index (χ1) is 12.9. The molecule has 142 valence electrons. The molecule has 0 aliphatic rings. The van der Waals surface area contributed by atoms with Gasteiger partial charge < -0.3 is 10.1 Å². The lowest BCUT2D eigenvalue weighted by Crippen LogP contribution is -2.19. The monoisotopic (exact) mass is 367 g/mol. The molecule has 0 heterocycles. The number of benzene rings is 2. The predicted octanol–water partition coefficient (Wildman–Crippen LogP) is 3.83. The zero-order valence-corrected chi connectivity index (χ0v) is 16.1. The van der Waals surface area contributed by atoms with Gasteiger partial charge in [-0.1, -0.05) is 13.8 Å². The van der Waals surface area contributed by atoms with E-state index < -0.39 is 0 Å². The van der Waals surface area contributed by atoms with Crippen molar-refractivity contribution in [3.63, 3.8) is 0 Å². The van der Waals surface area contributed by atoms with Crippen LogP contribution < -0.4 is 15.5 Å². The number of anilines is 1. The molecule has 0 saturated heterocycles. The van der Waals surface area contributed by atoms with Crippen molar-refractivity contribution in [2.45, 2.75) is 27.2 Å². The van der Waals surface area contributed by atoms with Crippen LogP contribution in [0.1, 0.15) is 43.1 Å². The number of ether oxygens (including phenoxy) is 1. The fourth-order valence-electron chi connectivity index (χ4n) is 2.38. The predicted molar refractivity (Wildman–Crippen MR) is 107 cm³/mol. The number of hydrogen-bond acceptors (Lipinski definition) is 4. The lowest BCUT2D eigenvalue weighted by atomic mass is 10.1. The van der Waals surface area contributed by atoms with Gasteiger partial charge in [0.2, 0.25) is 5.91 Å². The quantitative estimate of drug-likeness (QED) is 0.576. The second kappa shape index (κ2) is 9.52. The number of methoxy groups -OCH3 is 1. The molecule has 2 aromatic carbocycles. The first kappa shape index (κ1) is 20.2. The minimum Gasteiger partial charge on any atom is -0.497 e. The van der Waals surface area contributed by atoms with Gasteiger partial charge in [0.25, 0.3) is 5.91 Å². The Labute approximate surface area is 159 Å². The third-order valence-electron chi connectivity index (χ3n) is 3.86. The van der Waals surface area contributed by atoms with E-state index in [2.05, 4.69) is 15.8 Å². The minimum atomic E-state index is -0.317. The molecule has 2 N–H and O–H groups in total. The highest BCUT2D eigenvalue weighted by atomic mass is 16.5. The smallest absolute Gasteiger partial charge is 0.271 e. The Morgan fingerprint density at radius 1 is 1.00 bits per heavy atom. The molecule has 0 unspecified atom stereocenters. The number of carbonyl (C=O) groups excluding carboxylic acids is 2. The highest BCUT2D eigenvalue weighted by Crippen LogP contribution is 2.13. The van der Waals surface area contributed by atoms with E-state index in [0.29, 0.717) is 29.3 Å². The average molecular weight is 367 g/mol. The van der Waals surface area contributed by atoms with Gasteiger partial charge in [-0.15, -0.1) is 0 Å². The normalized spacial score (nSPS) is 11.2. The number of hydrogen-bond donors (Lipinski definition) is 2. The maximum Gasteiger partial charge on any atom is 0.271 e. The molecular weight excluding hydrogens is 342 g/mol. The summed E-state index contributed by atoms with van der Waals surface area (Å²) in [5.74, 6) is 0.697. The minimum absolute atomic E-state index is 0.0399. The Hall–Kier alpha value is -3.15. The highest BCUT2D eigenvalue weighted by molar-refractivity contribution is 6.01. The van der Waals surface area contributed by atoms with Crippen LogP contribution in [0.25, 0.3) is 0 Å². The zero-order chi connectivity index (χ0) is 19.8. The van der Waals surface area contributed by atoms with E-state index in [1.54, 1.807) is 31.4 Å². The fraction of sp³-hybridized carbons (Fsp3) is 0.286. The molecule has 0 aliphatic carbocycles. The molecule has 2 rings (SSSR count). The molecular formula is C21H25N3O3. The SMILES string of the molecule is COc1ccc(/C(C)=N/NC(=O)c2ccc(NC(=O)CC(C)C)cc2)cc1. The maximum absolute atomic E-state index is 12.2. The number of hydrazone groups is 1. The second-order valence-electron chi connectivity index (χ2n) is 6.59. The van der Waals surface area contributed by atoms with Crippen LogP contribution in [0.5, 0.6) is 5.75 Å². The summed E-state index contributed by atoms with van der Waals surface area (Å²) < 4.78 is 5.12. The molecule has 2 aromatic rings. The summed E-state index contributed by atoms with van der Waals surface area (Å²) in [6, 6.07) is 14.1. The van der Waals surface area contributed by atoms with Crippen LogP contribution >= 0.6 is 0 Å². The standard InChI is InChI=1S/C21H25N3O3/c1-14(2)13-20(25)22-18-9-5-17(6-10-18)21(26)24-23-15(3)16-7-11-19(27-4)12-8-16/h5-12,14H,13H2,1-4H3,(H,22,25)(H,24,26)/b23-15+.